The third-order valence-electron chi connectivity index (χ3n) is 17.0. The fourth-order valence-corrected chi connectivity index (χ4v) is 11.7. The van der Waals surface area contributed by atoms with Gasteiger partial charge >= 0.3 is 0 Å². The Hall–Kier alpha value is -0.870. The molecule has 0 saturated carbocycles. The van der Waals surface area contributed by atoms with Gasteiger partial charge in [0.1, 0.15) is 0 Å². The van der Waals surface area contributed by atoms with E-state index in [1.54, 1.807) is 6.08 Å². The molecular weight excluding hydrogens is 915 g/mol. The Bertz CT molecular complexity index is 1060. The van der Waals surface area contributed by atoms with Crippen LogP contribution in [0.1, 0.15) is 418 Å². The second-order valence-corrected chi connectivity index (χ2v) is 24.7. The molecule has 2 unspecified atom stereocenters. The van der Waals surface area contributed by atoms with Gasteiger partial charge in [-0.25, -0.2) is 0 Å². The van der Waals surface area contributed by atoms with Gasteiger partial charge in [0.05, 0.1) is 18.8 Å². The summed E-state index contributed by atoms with van der Waals surface area (Å²) in [6, 6.07) is -0.620. The van der Waals surface area contributed by atoms with Crippen molar-refractivity contribution < 1.29 is 15.0 Å². The van der Waals surface area contributed by atoms with Gasteiger partial charge in [-0.1, -0.05) is 405 Å². The minimum absolute atomic E-state index is 0.0528. The van der Waals surface area contributed by atoms with Crippen LogP contribution in [0.3, 0.4) is 0 Å². The molecule has 0 bridgehead atoms. The van der Waals surface area contributed by atoms with Crippen LogP contribution < -0.4 is 5.32 Å². The van der Waals surface area contributed by atoms with Gasteiger partial charge < -0.3 is 15.5 Å². The Morgan fingerprint density at radius 2 is 0.493 bits per heavy atom. The number of allylic oxidation sites excluding steroid dienone is 1. The zero-order valence-electron chi connectivity index (χ0n) is 51.9. The smallest absolute Gasteiger partial charge is 0.220 e. The average Bonchev–Trinajstić information content (AvgIpc) is 3.41. The number of nitrogens with one attached hydrogen (secondary N) is 1. The summed E-state index contributed by atoms with van der Waals surface area (Å²) in [6.45, 7) is 4.37. The molecule has 0 aliphatic heterocycles. The molecule has 3 N–H and O–H groups in total. The molecule has 0 saturated heterocycles. The predicted molar refractivity (Wildman–Crippen MR) is 336 cm³/mol. The quantitative estimate of drug-likeness (QED) is 0.0420. The molecule has 4 nitrogen and oxygen atoms in total. The van der Waals surface area contributed by atoms with Crippen molar-refractivity contribution >= 4 is 5.91 Å². The Morgan fingerprint density at radius 3 is 0.693 bits per heavy atom. The van der Waals surface area contributed by atoms with Gasteiger partial charge in [-0.2, -0.15) is 0 Å². The number of carbonyl (C=O) groups excluding carboxylic acids is 1. The summed E-state index contributed by atoms with van der Waals surface area (Å²) in [4.78, 5) is 12.5. The van der Waals surface area contributed by atoms with E-state index in [0.29, 0.717) is 6.42 Å². The lowest BCUT2D eigenvalue weighted by Gasteiger charge is -2.20. The van der Waals surface area contributed by atoms with Crippen molar-refractivity contribution in [3.05, 3.63) is 12.2 Å². The van der Waals surface area contributed by atoms with Crippen molar-refractivity contribution in [2.24, 2.45) is 0 Å². The third kappa shape index (κ3) is 63.8. The average molecular weight is 1060 g/mol. The van der Waals surface area contributed by atoms with Crippen LogP contribution in [-0.2, 0) is 4.79 Å². The highest BCUT2D eigenvalue weighted by molar-refractivity contribution is 5.76. The molecule has 75 heavy (non-hydrogen) atoms. The first kappa shape index (κ1) is 74.1. The molecule has 0 aliphatic carbocycles. The van der Waals surface area contributed by atoms with Crippen LogP contribution in [0, 0.1) is 0 Å². The van der Waals surface area contributed by atoms with Gasteiger partial charge in [0.15, 0.2) is 0 Å². The van der Waals surface area contributed by atoms with Crippen molar-refractivity contribution in [3.8, 4) is 0 Å². The van der Waals surface area contributed by atoms with E-state index in [-0.39, 0.29) is 12.5 Å². The molecule has 448 valence electrons. The summed E-state index contributed by atoms with van der Waals surface area (Å²) in [5, 5.41) is 23.3. The Labute approximate surface area is 473 Å². The number of rotatable bonds is 67. The lowest BCUT2D eigenvalue weighted by Crippen LogP contribution is -2.45. The lowest BCUT2D eigenvalue weighted by molar-refractivity contribution is -0.123. The van der Waals surface area contributed by atoms with Crippen LogP contribution in [0.5, 0.6) is 0 Å². The Morgan fingerprint density at radius 1 is 0.307 bits per heavy atom. The molecule has 0 aromatic carbocycles. The van der Waals surface area contributed by atoms with E-state index in [0.717, 1.165) is 25.7 Å². The van der Waals surface area contributed by atoms with E-state index >= 15 is 0 Å². The minimum atomic E-state index is -0.837. The lowest BCUT2D eigenvalue weighted by atomic mass is 10.0. The van der Waals surface area contributed by atoms with Gasteiger partial charge in [0.25, 0.3) is 0 Å². The maximum absolute atomic E-state index is 12.5. The van der Waals surface area contributed by atoms with Gasteiger partial charge in [-0.15, -0.1) is 0 Å². The molecule has 0 spiro atoms. The zero-order chi connectivity index (χ0) is 54.1. The topological polar surface area (TPSA) is 69.6 Å². The van der Waals surface area contributed by atoms with E-state index in [2.05, 4.69) is 19.2 Å². The number of aliphatic hydroxyl groups is 2. The van der Waals surface area contributed by atoms with Crippen molar-refractivity contribution in [1.29, 1.82) is 0 Å². The molecule has 1 amide bonds. The standard InChI is InChI=1S/C71H141NO3/c1-3-5-7-9-11-13-15-17-19-21-23-25-27-29-31-33-35-37-38-40-42-44-46-48-50-52-54-56-58-60-62-64-66-70(74)69(68-73)72-71(75)67-65-63-61-59-57-55-53-51-49-47-45-43-41-39-36-34-32-30-28-26-24-22-20-18-16-14-12-10-8-6-4-2/h64,66,69-70,73-74H,3-63,65,67-68H2,1-2H3,(H,72,75)/b66-64+. The SMILES string of the molecule is CCCCCCCCCCCCCCCCCCCCCCCCCCCCCCCC/C=C/C(O)C(CO)NC(=O)CCCCCCCCCCCCCCCCCCCCCCCCCCCCCCCCC. The number of hydrogen-bond donors (Lipinski definition) is 3. The molecule has 0 heterocycles. The monoisotopic (exact) mass is 1060 g/mol. The molecule has 2 atom stereocenters. The molecule has 0 aromatic rings. The van der Waals surface area contributed by atoms with Gasteiger partial charge in [-0.3, -0.25) is 4.79 Å². The van der Waals surface area contributed by atoms with Crippen LogP contribution in [0.4, 0.5) is 0 Å². The summed E-state index contributed by atoms with van der Waals surface area (Å²) < 4.78 is 0. The molecule has 4 heteroatoms. The largest absolute Gasteiger partial charge is 0.394 e. The fourth-order valence-electron chi connectivity index (χ4n) is 11.7. The van der Waals surface area contributed by atoms with Crippen LogP contribution in [0.25, 0.3) is 0 Å². The highest BCUT2D eigenvalue weighted by Gasteiger charge is 2.18. The van der Waals surface area contributed by atoms with Crippen LogP contribution >= 0.6 is 0 Å². The van der Waals surface area contributed by atoms with Crippen molar-refractivity contribution in [2.75, 3.05) is 6.61 Å². The first-order chi connectivity index (χ1) is 37.2. The van der Waals surface area contributed by atoms with Gasteiger partial charge in [0.2, 0.25) is 5.91 Å². The summed E-state index contributed by atoms with van der Waals surface area (Å²) in [5.74, 6) is -0.0528. The first-order valence-corrected chi connectivity index (χ1v) is 35.4. The second kappa shape index (κ2) is 67.4. The maximum Gasteiger partial charge on any atom is 0.220 e. The van der Waals surface area contributed by atoms with Gasteiger partial charge in [-0.05, 0) is 19.3 Å². The number of carbonyl (C=O) groups is 1. The highest BCUT2D eigenvalue weighted by atomic mass is 16.3. The Balaban J connectivity index is 3.39. The minimum Gasteiger partial charge on any atom is -0.394 e. The molecule has 0 aromatic heterocycles. The zero-order valence-corrected chi connectivity index (χ0v) is 51.9. The molecule has 0 aliphatic rings. The normalized spacial score (nSPS) is 12.6. The Kier molecular flexibility index (Phi) is 66.6. The van der Waals surface area contributed by atoms with Crippen LogP contribution in [0.15, 0.2) is 12.2 Å². The molecule has 0 radical (unpaired) electrons. The van der Waals surface area contributed by atoms with E-state index in [1.165, 1.54) is 372 Å². The van der Waals surface area contributed by atoms with Crippen molar-refractivity contribution in [2.45, 2.75) is 431 Å². The van der Waals surface area contributed by atoms with Crippen LogP contribution in [-0.4, -0.2) is 34.9 Å². The molecule has 0 fully saturated rings. The third-order valence-corrected chi connectivity index (χ3v) is 17.0. The first-order valence-electron chi connectivity index (χ1n) is 35.4. The van der Waals surface area contributed by atoms with Gasteiger partial charge in [0, 0.05) is 6.42 Å². The summed E-state index contributed by atoms with van der Waals surface area (Å²) in [6.07, 6.45) is 90.3. The molecule has 0 rings (SSSR count). The van der Waals surface area contributed by atoms with E-state index < -0.39 is 12.1 Å². The maximum atomic E-state index is 12.5. The van der Waals surface area contributed by atoms with E-state index in [1.807, 2.05) is 6.08 Å². The van der Waals surface area contributed by atoms with Crippen LogP contribution in [0.2, 0.25) is 0 Å². The van der Waals surface area contributed by atoms with Crippen molar-refractivity contribution in [3.63, 3.8) is 0 Å². The van der Waals surface area contributed by atoms with E-state index in [9.17, 15) is 15.0 Å². The van der Waals surface area contributed by atoms with E-state index in [4.69, 9.17) is 0 Å². The number of amides is 1. The number of unbranched alkanes of at least 4 members (excludes halogenated alkanes) is 60. The number of hydrogen-bond acceptors (Lipinski definition) is 3. The summed E-state index contributed by atoms with van der Waals surface area (Å²) in [5.41, 5.74) is 0. The second-order valence-electron chi connectivity index (χ2n) is 24.7. The molecular formula is C71H141NO3. The highest BCUT2D eigenvalue weighted by Crippen LogP contribution is 2.20. The fraction of sp³-hybridized carbons (Fsp3) is 0.958. The number of aliphatic hydroxyl groups excluding tert-OH is 2. The van der Waals surface area contributed by atoms with Crippen molar-refractivity contribution in [1.82, 2.24) is 5.32 Å². The summed E-state index contributed by atoms with van der Waals surface area (Å²) in [7, 11) is 0. The summed E-state index contributed by atoms with van der Waals surface area (Å²) >= 11 is 0. The predicted octanol–water partition coefficient (Wildman–Crippen LogP) is 24.0.